The number of amides is 3. The predicted molar refractivity (Wildman–Crippen MR) is 139 cm³/mol. The Morgan fingerprint density at radius 1 is 1.11 bits per heavy atom. The first-order chi connectivity index (χ1) is 17.9. The van der Waals surface area contributed by atoms with E-state index in [0.29, 0.717) is 49.4 Å². The van der Waals surface area contributed by atoms with Crippen molar-refractivity contribution >= 4 is 23.4 Å². The molecule has 37 heavy (non-hydrogen) atoms. The lowest BCUT2D eigenvalue weighted by Crippen LogP contribution is -2.54. The van der Waals surface area contributed by atoms with Crippen molar-refractivity contribution in [2.75, 3.05) is 25.5 Å². The van der Waals surface area contributed by atoms with Crippen LogP contribution in [0.4, 0.5) is 5.69 Å². The summed E-state index contributed by atoms with van der Waals surface area (Å²) in [6, 6.07) is 13.3. The number of nitrogens with zero attached hydrogens (tertiary/aromatic N) is 2. The van der Waals surface area contributed by atoms with E-state index in [1.54, 1.807) is 30.1 Å². The molecule has 3 aliphatic rings. The second-order valence-corrected chi connectivity index (χ2v) is 10.2. The highest BCUT2D eigenvalue weighted by Gasteiger charge is 2.39. The first-order valence-corrected chi connectivity index (χ1v) is 13.3. The summed E-state index contributed by atoms with van der Waals surface area (Å²) in [4.78, 5) is 42.2. The van der Waals surface area contributed by atoms with E-state index in [1.165, 1.54) is 11.1 Å². The van der Waals surface area contributed by atoms with Crippen LogP contribution in [0, 0.1) is 0 Å². The summed E-state index contributed by atoms with van der Waals surface area (Å²) >= 11 is 0. The number of benzene rings is 2. The van der Waals surface area contributed by atoms with Crippen LogP contribution >= 0.6 is 0 Å². The molecule has 8 nitrogen and oxygen atoms in total. The van der Waals surface area contributed by atoms with Crippen LogP contribution in [0.2, 0.25) is 0 Å². The molecular weight excluding hydrogens is 470 g/mol. The van der Waals surface area contributed by atoms with Crippen LogP contribution in [0.1, 0.15) is 60.5 Å². The number of carbonyl (C=O) groups is 3. The summed E-state index contributed by atoms with van der Waals surface area (Å²) in [7, 11) is 1.79. The van der Waals surface area contributed by atoms with Gasteiger partial charge in [-0.25, -0.2) is 0 Å². The summed E-state index contributed by atoms with van der Waals surface area (Å²) in [6.07, 6.45) is 3.31. The minimum absolute atomic E-state index is 0.0786. The van der Waals surface area contributed by atoms with Gasteiger partial charge in [-0.3, -0.25) is 14.4 Å². The van der Waals surface area contributed by atoms with E-state index >= 15 is 0 Å². The molecule has 1 N–H and O–H groups in total. The van der Waals surface area contributed by atoms with Gasteiger partial charge in [0.1, 0.15) is 18.5 Å². The molecule has 0 radical (unpaired) electrons. The molecule has 2 aromatic carbocycles. The van der Waals surface area contributed by atoms with E-state index in [9.17, 15) is 14.4 Å². The van der Waals surface area contributed by atoms with Crippen LogP contribution in [0.5, 0.6) is 5.75 Å². The van der Waals surface area contributed by atoms with Crippen molar-refractivity contribution in [2.24, 2.45) is 0 Å². The quantitative estimate of drug-likeness (QED) is 0.668. The summed E-state index contributed by atoms with van der Waals surface area (Å²) in [5.74, 6) is 0.334. The van der Waals surface area contributed by atoms with Crippen molar-refractivity contribution in [3.8, 4) is 5.75 Å². The molecule has 1 saturated heterocycles. The van der Waals surface area contributed by atoms with Gasteiger partial charge in [0, 0.05) is 32.2 Å². The average molecular weight is 506 g/mol. The van der Waals surface area contributed by atoms with Gasteiger partial charge in [0.15, 0.2) is 0 Å². The highest BCUT2D eigenvalue weighted by Crippen LogP contribution is 2.33. The Bertz CT molecular complexity index is 1180. The Morgan fingerprint density at radius 3 is 2.73 bits per heavy atom. The highest BCUT2D eigenvalue weighted by atomic mass is 16.5. The van der Waals surface area contributed by atoms with E-state index in [-0.39, 0.29) is 36.0 Å². The van der Waals surface area contributed by atoms with Gasteiger partial charge in [0.25, 0.3) is 5.91 Å². The zero-order chi connectivity index (χ0) is 25.9. The van der Waals surface area contributed by atoms with Crippen LogP contribution in [0.15, 0.2) is 42.5 Å². The summed E-state index contributed by atoms with van der Waals surface area (Å²) < 4.78 is 12.4. The van der Waals surface area contributed by atoms with Crippen molar-refractivity contribution in [3.05, 3.63) is 59.2 Å². The molecule has 196 valence electrons. The lowest BCUT2D eigenvalue weighted by molar-refractivity contribution is -0.143. The largest absolute Gasteiger partial charge is 0.490 e. The first kappa shape index (κ1) is 25.3. The van der Waals surface area contributed by atoms with Crippen molar-refractivity contribution < 1.29 is 23.9 Å². The number of hydrogen-bond acceptors (Lipinski definition) is 5. The fourth-order valence-electron chi connectivity index (χ4n) is 5.59. The van der Waals surface area contributed by atoms with Crippen molar-refractivity contribution in [1.29, 1.82) is 0 Å². The van der Waals surface area contributed by atoms with Gasteiger partial charge in [-0.1, -0.05) is 31.2 Å². The second-order valence-electron chi connectivity index (χ2n) is 10.2. The number of nitrogens with one attached hydrogen (secondary N) is 1. The minimum atomic E-state index is -0.320. The van der Waals surface area contributed by atoms with E-state index < -0.39 is 0 Å². The van der Waals surface area contributed by atoms with Crippen LogP contribution in [0.25, 0.3) is 0 Å². The third-order valence-electron chi connectivity index (χ3n) is 7.66. The Balaban J connectivity index is 1.23. The maximum absolute atomic E-state index is 13.4. The third kappa shape index (κ3) is 5.49. The highest BCUT2D eigenvalue weighted by molar-refractivity contribution is 5.99. The summed E-state index contributed by atoms with van der Waals surface area (Å²) in [5.41, 5.74) is 3.54. The van der Waals surface area contributed by atoms with E-state index in [4.69, 9.17) is 9.47 Å². The zero-order valence-corrected chi connectivity index (χ0v) is 21.6. The van der Waals surface area contributed by atoms with Crippen molar-refractivity contribution in [1.82, 2.24) is 9.80 Å². The lowest BCUT2D eigenvalue weighted by atomic mass is 9.94. The molecule has 3 amide bonds. The number of anilines is 1. The SMILES string of the molecule is CCCC(=O)Nc1ccc2c(c1)C(=O)N(C)[C@@H]1CC[C@@H](CC(=O)N3CCc4ccccc4C3)O[C@H]1CO2. The Kier molecular flexibility index (Phi) is 7.46. The minimum Gasteiger partial charge on any atom is -0.490 e. The standard InChI is InChI=1S/C29H35N3O5/c1-3-6-27(33)30-21-9-12-25-23(15-21)29(35)31(2)24-11-10-22(37-26(24)18-36-25)16-28(34)32-14-13-19-7-4-5-8-20(19)17-32/h4-5,7-9,12,15,22,24,26H,3,6,10-11,13-14,16-18H2,1-2H3,(H,30,33)/t22-,24+,26-/m0/s1. The molecule has 8 heteroatoms. The molecule has 5 rings (SSSR count). The van der Waals surface area contributed by atoms with Gasteiger partial charge in [-0.05, 0) is 55.0 Å². The predicted octanol–water partition coefficient (Wildman–Crippen LogP) is 3.78. The normalized spacial score (nSPS) is 23.1. The molecular formula is C29H35N3O5. The van der Waals surface area contributed by atoms with Crippen molar-refractivity contribution in [2.45, 2.75) is 70.2 Å². The van der Waals surface area contributed by atoms with Crippen molar-refractivity contribution in [3.63, 3.8) is 0 Å². The number of hydrogen-bond donors (Lipinski definition) is 1. The van der Waals surface area contributed by atoms with Crippen LogP contribution in [-0.2, 0) is 27.3 Å². The Labute approximate surface area is 217 Å². The van der Waals surface area contributed by atoms with Crippen LogP contribution in [-0.4, -0.2) is 66.0 Å². The van der Waals surface area contributed by atoms with Gasteiger partial charge < -0.3 is 24.6 Å². The summed E-state index contributed by atoms with van der Waals surface area (Å²) in [6.45, 7) is 3.61. The number of rotatable bonds is 5. The molecule has 0 aromatic heterocycles. The number of ether oxygens (including phenoxy) is 2. The molecule has 3 heterocycles. The third-order valence-corrected chi connectivity index (χ3v) is 7.66. The molecule has 1 fully saturated rings. The van der Waals surface area contributed by atoms with E-state index in [1.807, 2.05) is 24.0 Å². The Morgan fingerprint density at radius 2 is 1.92 bits per heavy atom. The van der Waals surface area contributed by atoms with Crippen LogP contribution < -0.4 is 10.1 Å². The summed E-state index contributed by atoms with van der Waals surface area (Å²) in [5, 5.41) is 2.85. The number of fused-ring (bicyclic) bond motifs is 3. The molecule has 3 aliphatic heterocycles. The molecule has 0 bridgehead atoms. The second kappa shape index (κ2) is 10.9. The first-order valence-electron chi connectivity index (χ1n) is 13.3. The fraction of sp³-hybridized carbons (Fsp3) is 0.483. The van der Waals surface area contributed by atoms with Gasteiger partial charge >= 0.3 is 0 Å². The molecule has 0 aliphatic carbocycles. The van der Waals surface area contributed by atoms with Crippen LogP contribution in [0.3, 0.4) is 0 Å². The average Bonchev–Trinajstić information content (AvgIpc) is 2.91. The van der Waals surface area contributed by atoms with Gasteiger partial charge in [0.2, 0.25) is 11.8 Å². The van der Waals surface area contributed by atoms with E-state index in [2.05, 4.69) is 17.4 Å². The fourth-order valence-corrected chi connectivity index (χ4v) is 5.59. The topological polar surface area (TPSA) is 88.2 Å². The number of carbonyl (C=O) groups excluding carboxylic acids is 3. The smallest absolute Gasteiger partial charge is 0.257 e. The Hall–Kier alpha value is -3.39. The van der Waals surface area contributed by atoms with Gasteiger partial charge in [0.05, 0.1) is 24.1 Å². The maximum atomic E-state index is 13.4. The maximum Gasteiger partial charge on any atom is 0.257 e. The lowest BCUT2D eigenvalue weighted by Gasteiger charge is -2.42. The zero-order valence-electron chi connectivity index (χ0n) is 21.6. The molecule has 0 spiro atoms. The molecule has 0 saturated carbocycles. The molecule has 0 unspecified atom stereocenters. The number of likely N-dealkylation sites (N-methyl/N-ethyl adjacent to an activating group) is 1. The van der Waals surface area contributed by atoms with E-state index in [0.717, 1.165) is 25.8 Å². The molecule has 3 atom stereocenters. The molecule has 2 aromatic rings. The van der Waals surface area contributed by atoms with Gasteiger partial charge in [-0.15, -0.1) is 0 Å². The monoisotopic (exact) mass is 505 g/mol. The van der Waals surface area contributed by atoms with Gasteiger partial charge in [-0.2, -0.15) is 0 Å².